The average Bonchev–Trinajstić information content (AvgIpc) is 2.86. The predicted octanol–water partition coefficient (Wildman–Crippen LogP) is 2.56. The highest BCUT2D eigenvalue weighted by molar-refractivity contribution is 5.68. The second-order valence-electron chi connectivity index (χ2n) is 4.94. The summed E-state index contributed by atoms with van der Waals surface area (Å²) in [4.78, 5) is 0. The molecule has 1 aliphatic carbocycles. The molecule has 4 nitrogen and oxygen atoms in total. The van der Waals surface area contributed by atoms with Gasteiger partial charge in [-0.05, 0) is 25.2 Å². The molecule has 1 aliphatic heterocycles. The summed E-state index contributed by atoms with van der Waals surface area (Å²) >= 11 is 0. The van der Waals surface area contributed by atoms with Gasteiger partial charge in [0.25, 0.3) is 0 Å². The Bertz CT molecular complexity index is 481. The predicted molar refractivity (Wildman–Crippen MR) is 66.9 cm³/mol. The summed E-state index contributed by atoms with van der Waals surface area (Å²) in [5, 5.41) is 0. The zero-order valence-corrected chi connectivity index (χ0v) is 11.0. The van der Waals surface area contributed by atoms with Gasteiger partial charge in [-0.2, -0.15) is 0 Å². The molecule has 18 heavy (non-hydrogen) atoms. The van der Waals surface area contributed by atoms with Gasteiger partial charge < -0.3 is 18.9 Å². The molecule has 1 aromatic rings. The SMILES string of the molecule is COc1c2c(c3c(c1OC)OCO3)CC(C)CC2. The minimum atomic E-state index is 0.264. The highest BCUT2D eigenvalue weighted by Gasteiger charge is 2.33. The van der Waals surface area contributed by atoms with Gasteiger partial charge in [-0.1, -0.05) is 6.92 Å². The summed E-state index contributed by atoms with van der Waals surface area (Å²) in [6, 6.07) is 0. The van der Waals surface area contributed by atoms with Gasteiger partial charge >= 0.3 is 0 Å². The number of hydrogen-bond donors (Lipinski definition) is 0. The van der Waals surface area contributed by atoms with Gasteiger partial charge in [0, 0.05) is 11.1 Å². The van der Waals surface area contributed by atoms with E-state index in [9.17, 15) is 0 Å². The second kappa shape index (κ2) is 4.26. The summed E-state index contributed by atoms with van der Waals surface area (Å²) < 4.78 is 22.1. The summed E-state index contributed by atoms with van der Waals surface area (Å²) in [6.07, 6.45) is 3.19. The van der Waals surface area contributed by atoms with Crippen molar-refractivity contribution in [3.63, 3.8) is 0 Å². The third kappa shape index (κ3) is 1.51. The zero-order valence-electron chi connectivity index (χ0n) is 11.0. The van der Waals surface area contributed by atoms with E-state index in [1.54, 1.807) is 14.2 Å². The van der Waals surface area contributed by atoms with E-state index < -0.39 is 0 Å². The Kier molecular flexibility index (Phi) is 2.73. The summed E-state index contributed by atoms with van der Waals surface area (Å²) in [7, 11) is 3.32. The van der Waals surface area contributed by atoms with Gasteiger partial charge in [-0.3, -0.25) is 0 Å². The van der Waals surface area contributed by atoms with Crippen molar-refractivity contribution in [2.24, 2.45) is 5.92 Å². The van der Waals surface area contributed by atoms with Crippen LogP contribution in [0, 0.1) is 5.92 Å². The van der Waals surface area contributed by atoms with Crippen molar-refractivity contribution >= 4 is 0 Å². The lowest BCUT2D eigenvalue weighted by molar-refractivity contribution is 0.170. The van der Waals surface area contributed by atoms with Crippen LogP contribution in [-0.2, 0) is 12.8 Å². The first-order chi connectivity index (χ1) is 8.76. The van der Waals surface area contributed by atoms with Crippen molar-refractivity contribution in [3.8, 4) is 23.0 Å². The zero-order chi connectivity index (χ0) is 12.7. The minimum Gasteiger partial charge on any atom is -0.492 e. The molecule has 0 saturated carbocycles. The molecule has 0 bridgehead atoms. The van der Waals surface area contributed by atoms with Crippen LogP contribution in [0.4, 0.5) is 0 Å². The first-order valence-electron chi connectivity index (χ1n) is 6.31. The smallest absolute Gasteiger partial charge is 0.231 e. The molecule has 2 aliphatic rings. The van der Waals surface area contributed by atoms with E-state index in [2.05, 4.69) is 6.92 Å². The lowest BCUT2D eigenvalue weighted by atomic mass is 9.83. The molecular weight excluding hydrogens is 232 g/mol. The van der Waals surface area contributed by atoms with Crippen LogP contribution in [0.2, 0.25) is 0 Å². The number of methoxy groups -OCH3 is 2. The van der Waals surface area contributed by atoms with E-state index >= 15 is 0 Å². The van der Waals surface area contributed by atoms with E-state index in [1.165, 1.54) is 17.5 Å². The molecule has 0 spiro atoms. The fourth-order valence-electron chi connectivity index (χ4n) is 2.91. The largest absolute Gasteiger partial charge is 0.492 e. The lowest BCUT2D eigenvalue weighted by Gasteiger charge is -2.25. The van der Waals surface area contributed by atoms with Gasteiger partial charge in [-0.15, -0.1) is 0 Å². The molecule has 0 N–H and O–H groups in total. The molecule has 0 saturated heterocycles. The average molecular weight is 250 g/mol. The lowest BCUT2D eigenvalue weighted by Crippen LogP contribution is -2.13. The van der Waals surface area contributed by atoms with Crippen molar-refractivity contribution in [3.05, 3.63) is 11.1 Å². The Hall–Kier alpha value is -1.58. The molecule has 98 valence electrons. The molecule has 0 fully saturated rings. The van der Waals surface area contributed by atoms with Crippen LogP contribution >= 0.6 is 0 Å². The van der Waals surface area contributed by atoms with Crippen molar-refractivity contribution in [1.29, 1.82) is 0 Å². The van der Waals surface area contributed by atoms with E-state index in [-0.39, 0.29) is 6.79 Å². The standard InChI is InChI=1S/C14H18O4/c1-8-4-5-9-10(6-8)12-14(18-7-17-12)13(16-3)11(9)15-2/h8H,4-7H2,1-3H3. The highest BCUT2D eigenvalue weighted by atomic mass is 16.7. The van der Waals surface area contributed by atoms with Crippen molar-refractivity contribution in [2.45, 2.75) is 26.2 Å². The Morgan fingerprint density at radius 2 is 1.72 bits per heavy atom. The third-order valence-corrected chi connectivity index (χ3v) is 3.79. The number of rotatable bonds is 2. The maximum atomic E-state index is 5.63. The molecule has 0 amide bonds. The van der Waals surface area contributed by atoms with E-state index in [4.69, 9.17) is 18.9 Å². The van der Waals surface area contributed by atoms with Gasteiger partial charge in [-0.25, -0.2) is 0 Å². The minimum absolute atomic E-state index is 0.264. The maximum absolute atomic E-state index is 5.63. The molecule has 1 heterocycles. The molecule has 0 aromatic heterocycles. The van der Waals surface area contributed by atoms with Crippen LogP contribution in [0.3, 0.4) is 0 Å². The van der Waals surface area contributed by atoms with E-state index in [0.29, 0.717) is 17.4 Å². The van der Waals surface area contributed by atoms with Crippen LogP contribution in [0.15, 0.2) is 0 Å². The first kappa shape index (κ1) is 11.5. The quantitative estimate of drug-likeness (QED) is 0.808. The fraction of sp³-hybridized carbons (Fsp3) is 0.571. The second-order valence-corrected chi connectivity index (χ2v) is 4.94. The Balaban J connectivity index is 2.24. The van der Waals surface area contributed by atoms with Crippen molar-refractivity contribution in [2.75, 3.05) is 21.0 Å². The summed E-state index contributed by atoms with van der Waals surface area (Å²) in [5.74, 6) is 3.70. The Morgan fingerprint density at radius 3 is 2.44 bits per heavy atom. The third-order valence-electron chi connectivity index (χ3n) is 3.79. The Morgan fingerprint density at radius 1 is 1.00 bits per heavy atom. The van der Waals surface area contributed by atoms with Crippen LogP contribution in [-0.4, -0.2) is 21.0 Å². The van der Waals surface area contributed by atoms with Crippen LogP contribution in [0.25, 0.3) is 0 Å². The first-order valence-corrected chi connectivity index (χ1v) is 6.31. The van der Waals surface area contributed by atoms with Crippen molar-refractivity contribution < 1.29 is 18.9 Å². The van der Waals surface area contributed by atoms with Gasteiger partial charge in [0.05, 0.1) is 14.2 Å². The molecule has 1 unspecified atom stereocenters. The van der Waals surface area contributed by atoms with Crippen LogP contribution in [0.5, 0.6) is 23.0 Å². The fourth-order valence-corrected chi connectivity index (χ4v) is 2.91. The molecule has 4 heteroatoms. The van der Waals surface area contributed by atoms with Gasteiger partial charge in [0.1, 0.15) is 0 Å². The molecular formula is C14H18O4. The van der Waals surface area contributed by atoms with Crippen molar-refractivity contribution in [1.82, 2.24) is 0 Å². The monoisotopic (exact) mass is 250 g/mol. The molecule has 0 radical (unpaired) electrons. The number of fused-ring (bicyclic) bond motifs is 3. The maximum Gasteiger partial charge on any atom is 0.231 e. The summed E-state index contributed by atoms with van der Waals surface area (Å²) in [6.45, 7) is 2.53. The van der Waals surface area contributed by atoms with Crippen LogP contribution in [0.1, 0.15) is 24.5 Å². The van der Waals surface area contributed by atoms with Gasteiger partial charge in [0.2, 0.25) is 18.3 Å². The summed E-state index contributed by atoms with van der Waals surface area (Å²) in [5.41, 5.74) is 2.45. The topological polar surface area (TPSA) is 36.9 Å². The van der Waals surface area contributed by atoms with E-state index in [0.717, 1.165) is 24.3 Å². The molecule has 1 atom stereocenters. The number of hydrogen-bond acceptors (Lipinski definition) is 4. The number of ether oxygens (including phenoxy) is 4. The van der Waals surface area contributed by atoms with E-state index in [1.807, 2.05) is 0 Å². The van der Waals surface area contributed by atoms with Gasteiger partial charge in [0.15, 0.2) is 11.5 Å². The highest BCUT2D eigenvalue weighted by Crippen LogP contribution is 2.53. The Labute approximate surface area is 107 Å². The normalized spacial score (nSPS) is 20.5. The molecule has 1 aromatic carbocycles. The number of benzene rings is 1. The van der Waals surface area contributed by atoms with Crippen LogP contribution < -0.4 is 18.9 Å². The molecule has 3 rings (SSSR count).